The summed E-state index contributed by atoms with van der Waals surface area (Å²) in [6, 6.07) is 14.4. The van der Waals surface area contributed by atoms with Gasteiger partial charge in [-0.05, 0) is 48.9 Å². The summed E-state index contributed by atoms with van der Waals surface area (Å²) in [5.41, 5.74) is 1.67. The molecule has 2 heterocycles. The number of benzene rings is 2. The number of hydrogen-bond acceptors (Lipinski definition) is 6. The van der Waals surface area contributed by atoms with E-state index in [1.807, 2.05) is 19.1 Å². The molecule has 2 aromatic heterocycles. The Labute approximate surface area is 193 Å². The van der Waals surface area contributed by atoms with Gasteiger partial charge in [-0.15, -0.1) is 0 Å². The quantitative estimate of drug-likeness (QED) is 0.302. The zero-order chi connectivity index (χ0) is 22.5. The summed E-state index contributed by atoms with van der Waals surface area (Å²) < 4.78 is 6.96. The average molecular weight is 470 g/mol. The molecule has 4 aromatic rings. The van der Waals surface area contributed by atoms with E-state index >= 15 is 0 Å². The standard InChI is InChI=1S/C22H20ClN5O3S/c1-2-31-17-9-7-16(8-10-17)28-21(30)18-12-25-27-20(18)26-22(28)32-13-19(29)24-11-14-3-5-15(23)6-4-14/h3-10,12H,2,11,13H2,1H3,(H,24,29)(H,25,27). The molecule has 0 spiro atoms. The van der Waals surface area contributed by atoms with Gasteiger partial charge in [0.25, 0.3) is 5.56 Å². The van der Waals surface area contributed by atoms with Crippen molar-refractivity contribution in [3.05, 3.63) is 75.7 Å². The first-order valence-electron chi connectivity index (χ1n) is 9.88. The second-order valence-corrected chi connectivity index (χ2v) is 8.16. The molecule has 1 amide bonds. The predicted octanol–water partition coefficient (Wildman–Crippen LogP) is 3.57. The molecule has 0 aliphatic rings. The summed E-state index contributed by atoms with van der Waals surface area (Å²) in [5, 5.41) is 10.9. The normalized spacial score (nSPS) is 10.9. The first kappa shape index (κ1) is 21.9. The zero-order valence-corrected chi connectivity index (χ0v) is 18.7. The Morgan fingerprint density at radius 1 is 1.19 bits per heavy atom. The predicted molar refractivity (Wildman–Crippen MR) is 125 cm³/mol. The van der Waals surface area contributed by atoms with Crippen LogP contribution in [0.3, 0.4) is 0 Å². The van der Waals surface area contributed by atoms with Crippen LogP contribution in [0.1, 0.15) is 12.5 Å². The lowest BCUT2D eigenvalue weighted by molar-refractivity contribution is -0.118. The fourth-order valence-electron chi connectivity index (χ4n) is 3.04. The molecule has 0 aliphatic heterocycles. The Balaban J connectivity index is 1.54. The third-order valence-electron chi connectivity index (χ3n) is 4.59. The van der Waals surface area contributed by atoms with Gasteiger partial charge in [-0.1, -0.05) is 35.5 Å². The van der Waals surface area contributed by atoms with Crippen LogP contribution < -0.4 is 15.6 Å². The van der Waals surface area contributed by atoms with E-state index in [0.717, 1.165) is 5.56 Å². The van der Waals surface area contributed by atoms with E-state index in [2.05, 4.69) is 20.5 Å². The minimum atomic E-state index is -0.267. The number of aromatic amines is 1. The number of aromatic nitrogens is 4. The summed E-state index contributed by atoms with van der Waals surface area (Å²) in [4.78, 5) is 30.0. The molecular weight excluding hydrogens is 450 g/mol. The number of thioether (sulfide) groups is 1. The van der Waals surface area contributed by atoms with E-state index < -0.39 is 0 Å². The van der Waals surface area contributed by atoms with Crippen molar-refractivity contribution in [2.24, 2.45) is 0 Å². The summed E-state index contributed by atoms with van der Waals surface area (Å²) in [6.45, 7) is 2.84. The van der Waals surface area contributed by atoms with Crippen molar-refractivity contribution in [1.82, 2.24) is 25.1 Å². The van der Waals surface area contributed by atoms with Crippen molar-refractivity contribution in [3.8, 4) is 11.4 Å². The topological polar surface area (TPSA) is 102 Å². The van der Waals surface area contributed by atoms with Gasteiger partial charge in [0, 0.05) is 11.6 Å². The molecule has 0 unspecified atom stereocenters. The van der Waals surface area contributed by atoms with E-state index in [1.165, 1.54) is 22.5 Å². The maximum Gasteiger partial charge on any atom is 0.269 e. The van der Waals surface area contributed by atoms with E-state index in [0.29, 0.717) is 45.8 Å². The molecule has 2 aromatic carbocycles. The van der Waals surface area contributed by atoms with Gasteiger partial charge in [-0.25, -0.2) is 4.98 Å². The van der Waals surface area contributed by atoms with Gasteiger partial charge < -0.3 is 10.1 Å². The lowest BCUT2D eigenvalue weighted by atomic mass is 10.2. The van der Waals surface area contributed by atoms with Crippen LogP contribution in [0, 0.1) is 0 Å². The highest BCUT2D eigenvalue weighted by Gasteiger charge is 2.16. The second kappa shape index (κ2) is 9.88. The number of halogens is 1. The SMILES string of the molecule is CCOc1ccc(-n2c(SCC(=O)NCc3ccc(Cl)cc3)nc3[nH]ncc3c2=O)cc1. The van der Waals surface area contributed by atoms with Crippen LogP contribution in [-0.4, -0.2) is 38.0 Å². The Bertz CT molecular complexity index is 1290. The maximum absolute atomic E-state index is 13.1. The molecule has 0 bridgehead atoms. The van der Waals surface area contributed by atoms with E-state index in [9.17, 15) is 9.59 Å². The summed E-state index contributed by atoms with van der Waals surface area (Å²) in [6.07, 6.45) is 1.45. The number of fused-ring (bicyclic) bond motifs is 1. The first-order chi connectivity index (χ1) is 15.5. The Morgan fingerprint density at radius 2 is 1.94 bits per heavy atom. The van der Waals surface area contributed by atoms with Gasteiger partial charge in [0.15, 0.2) is 10.8 Å². The molecule has 0 fully saturated rings. The van der Waals surface area contributed by atoms with E-state index in [-0.39, 0.29) is 17.2 Å². The minimum absolute atomic E-state index is 0.0940. The number of hydrogen-bond donors (Lipinski definition) is 2. The van der Waals surface area contributed by atoms with Crippen molar-refractivity contribution in [1.29, 1.82) is 0 Å². The van der Waals surface area contributed by atoms with Gasteiger partial charge >= 0.3 is 0 Å². The van der Waals surface area contributed by atoms with Crippen LogP contribution in [0.25, 0.3) is 16.7 Å². The van der Waals surface area contributed by atoms with Gasteiger partial charge in [-0.3, -0.25) is 19.3 Å². The largest absolute Gasteiger partial charge is 0.494 e. The first-order valence-corrected chi connectivity index (χ1v) is 11.2. The molecule has 0 aliphatic carbocycles. The number of nitrogens with one attached hydrogen (secondary N) is 2. The Kier molecular flexibility index (Phi) is 6.77. The van der Waals surface area contributed by atoms with Crippen molar-refractivity contribution >= 4 is 40.3 Å². The molecule has 0 atom stereocenters. The molecule has 0 saturated heterocycles. The zero-order valence-electron chi connectivity index (χ0n) is 17.2. The number of carbonyl (C=O) groups excluding carboxylic acids is 1. The summed E-state index contributed by atoms with van der Waals surface area (Å²) in [7, 11) is 0. The highest BCUT2D eigenvalue weighted by molar-refractivity contribution is 7.99. The molecular formula is C22H20ClN5O3S. The lowest BCUT2D eigenvalue weighted by Crippen LogP contribution is -2.26. The number of amides is 1. The van der Waals surface area contributed by atoms with E-state index in [4.69, 9.17) is 16.3 Å². The minimum Gasteiger partial charge on any atom is -0.494 e. The van der Waals surface area contributed by atoms with Gasteiger partial charge in [0.1, 0.15) is 11.1 Å². The number of rotatable bonds is 8. The third-order valence-corrected chi connectivity index (χ3v) is 5.78. The van der Waals surface area contributed by atoms with Gasteiger partial charge in [-0.2, -0.15) is 5.10 Å². The number of H-pyrrole nitrogens is 1. The van der Waals surface area contributed by atoms with Crippen LogP contribution >= 0.6 is 23.4 Å². The molecule has 164 valence electrons. The average Bonchev–Trinajstić information content (AvgIpc) is 3.27. The summed E-state index contributed by atoms with van der Waals surface area (Å²) in [5.74, 6) is 0.621. The van der Waals surface area contributed by atoms with Crippen LogP contribution in [0.5, 0.6) is 5.75 Å². The fourth-order valence-corrected chi connectivity index (χ4v) is 4.00. The smallest absolute Gasteiger partial charge is 0.269 e. The molecule has 8 nitrogen and oxygen atoms in total. The molecule has 10 heteroatoms. The van der Waals surface area contributed by atoms with Gasteiger partial charge in [0.2, 0.25) is 5.91 Å². The molecule has 2 N–H and O–H groups in total. The van der Waals surface area contributed by atoms with Crippen molar-refractivity contribution < 1.29 is 9.53 Å². The summed E-state index contributed by atoms with van der Waals surface area (Å²) >= 11 is 7.06. The van der Waals surface area contributed by atoms with Crippen LogP contribution in [0.15, 0.2) is 64.7 Å². The van der Waals surface area contributed by atoms with Crippen LogP contribution in [-0.2, 0) is 11.3 Å². The maximum atomic E-state index is 13.1. The Morgan fingerprint density at radius 3 is 2.66 bits per heavy atom. The van der Waals surface area contributed by atoms with Crippen LogP contribution in [0.4, 0.5) is 0 Å². The van der Waals surface area contributed by atoms with Crippen molar-refractivity contribution in [2.45, 2.75) is 18.6 Å². The fraction of sp³-hybridized carbons (Fsp3) is 0.182. The molecule has 4 rings (SSSR count). The van der Waals surface area contributed by atoms with Crippen molar-refractivity contribution in [3.63, 3.8) is 0 Å². The number of ether oxygens (including phenoxy) is 1. The lowest BCUT2D eigenvalue weighted by Gasteiger charge is -2.12. The monoisotopic (exact) mass is 469 g/mol. The van der Waals surface area contributed by atoms with Crippen molar-refractivity contribution in [2.75, 3.05) is 12.4 Å². The highest BCUT2D eigenvalue weighted by Crippen LogP contribution is 2.22. The molecule has 0 saturated carbocycles. The molecule has 0 radical (unpaired) electrons. The van der Waals surface area contributed by atoms with Gasteiger partial charge in [0.05, 0.1) is 24.2 Å². The number of nitrogens with zero attached hydrogens (tertiary/aromatic N) is 3. The Hall–Kier alpha value is -3.30. The third kappa shape index (κ3) is 4.95. The van der Waals surface area contributed by atoms with E-state index in [1.54, 1.807) is 36.4 Å². The molecule has 32 heavy (non-hydrogen) atoms. The highest BCUT2D eigenvalue weighted by atomic mass is 35.5. The number of carbonyl (C=O) groups is 1. The second-order valence-electron chi connectivity index (χ2n) is 6.79. The van der Waals surface area contributed by atoms with Crippen LogP contribution in [0.2, 0.25) is 5.02 Å².